The second-order valence-corrected chi connectivity index (χ2v) is 7.76. The molecule has 1 aromatic rings. The molecular weight excluding hydrogens is 345 g/mol. The molecule has 1 saturated heterocycles. The highest BCUT2D eigenvalue weighted by Crippen LogP contribution is 2.32. The minimum Gasteiger partial charge on any atom is -0.338 e. The van der Waals surface area contributed by atoms with Crippen LogP contribution in [0.1, 0.15) is 28.8 Å². The molecule has 1 aliphatic heterocycles. The number of likely N-dealkylation sites (tertiary alicyclic amines) is 1. The Morgan fingerprint density at radius 1 is 1.33 bits per heavy atom. The van der Waals surface area contributed by atoms with Gasteiger partial charge in [-0.2, -0.15) is 13.2 Å². The van der Waals surface area contributed by atoms with Crippen LogP contribution in [0.15, 0.2) is 24.3 Å². The highest BCUT2D eigenvalue weighted by molar-refractivity contribution is 7.88. The van der Waals surface area contributed by atoms with E-state index < -0.39 is 27.7 Å². The molecule has 134 valence electrons. The first-order chi connectivity index (χ1) is 11.1. The molecule has 1 amide bonds. The monoisotopic (exact) mass is 364 g/mol. The molecule has 0 spiro atoms. The van der Waals surface area contributed by atoms with Crippen LogP contribution in [-0.4, -0.2) is 45.1 Å². The third-order valence-corrected chi connectivity index (χ3v) is 4.59. The van der Waals surface area contributed by atoms with Gasteiger partial charge in [0.15, 0.2) is 0 Å². The Balaban J connectivity index is 2.13. The largest absolute Gasteiger partial charge is 0.417 e. The third kappa shape index (κ3) is 4.94. The summed E-state index contributed by atoms with van der Waals surface area (Å²) in [5.41, 5.74) is -1.33. The topological polar surface area (TPSA) is 66.5 Å². The van der Waals surface area contributed by atoms with Crippen LogP contribution in [0, 0.1) is 5.92 Å². The molecule has 1 N–H and O–H groups in total. The number of nitrogens with zero attached hydrogens (tertiary/aromatic N) is 1. The smallest absolute Gasteiger partial charge is 0.338 e. The summed E-state index contributed by atoms with van der Waals surface area (Å²) in [5, 5.41) is 0. The quantitative estimate of drug-likeness (QED) is 0.890. The molecule has 1 atom stereocenters. The van der Waals surface area contributed by atoms with E-state index in [0.29, 0.717) is 19.4 Å². The summed E-state index contributed by atoms with van der Waals surface area (Å²) in [5.74, 6) is -0.789. The number of rotatable bonds is 4. The summed E-state index contributed by atoms with van der Waals surface area (Å²) < 4.78 is 63.9. The third-order valence-electron chi connectivity index (χ3n) is 3.90. The average Bonchev–Trinajstić information content (AvgIpc) is 2.51. The van der Waals surface area contributed by atoms with Crippen molar-refractivity contribution in [1.29, 1.82) is 0 Å². The van der Waals surface area contributed by atoms with Crippen LogP contribution < -0.4 is 4.72 Å². The van der Waals surface area contributed by atoms with Crippen LogP contribution in [0.3, 0.4) is 0 Å². The fraction of sp³-hybridized carbons (Fsp3) is 0.533. The van der Waals surface area contributed by atoms with Gasteiger partial charge in [-0.15, -0.1) is 0 Å². The van der Waals surface area contributed by atoms with Gasteiger partial charge < -0.3 is 4.90 Å². The molecule has 5 nitrogen and oxygen atoms in total. The maximum absolute atomic E-state index is 13.1. The number of halogens is 3. The van der Waals surface area contributed by atoms with Gasteiger partial charge in [-0.3, -0.25) is 4.79 Å². The SMILES string of the molecule is CS(=O)(=O)NC[C@H]1CCCN(C(=O)c2ccccc2C(F)(F)F)C1. The number of benzene rings is 1. The number of amides is 1. The summed E-state index contributed by atoms with van der Waals surface area (Å²) in [6, 6.07) is 4.70. The van der Waals surface area contributed by atoms with Crippen molar-refractivity contribution in [1.82, 2.24) is 9.62 Å². The molecule has 0 saturated carbocycles. The minimum absolute atomic E-state index is 0.115. The lowest BCUT2D eigenvalue weighted by molar-refractivity contribution is -0.138. The van der Waals surface area contributed by atoms with Crippen molar-refractivity contribution >= 4 is 15.9 Å². The summed E-state index contributed by atoms with van der Waals surface area (Å²) in [4.78, 5) is 13.9. The molecule has 1 heterocycles. The Morgan fingerprint density at radius 3 is 2.62 bits per heavy atom. The number of nitrogens with one attached hydrogen (secondary N) is 1. The number of sulfonamides is 1. The summed E-state index contributed by atoms with van der Waals surface area (Å²) in [7, 11) is -3.34. The van der Waals surface area contributed by atoms with E-state index in [4.69, 9.17) is 0 Å². The number of hydrogen-bond acceptors (Lipinski definition) is 3. The maximum Gasteiger partial charge on any atom is 0.417 e. The van der Waals surface area contributed by atoms with Crippen LogP contribution in [0.25, 0.3) is 0 Å². The maximum atomic E-state index is 13.1. The van der Waals surface area contributed by atoms with E-state index >= 15 is 0 Å². The van der Waals surface area contributed by atoms with Gasteiger partial charge in [0.1, 0.15) is 0 Å². The van der Waals surface area contributed by atoms with Crippen LogP contribution in [0.4, 0.5) is 13.2 Å². The fourth-order valence-electron chi connectivity index (χ4n) is 2.77. The van der Waals surface area contributed by atoms with Gasteiger partial charge in [0, 0.05) is 19.6 Å². The summed E-state index contributed by atoms with van der Waals surface area (Å²) in [6.45, 7) is 0.761. The van der Waals surface area contributed by atoms with Crippen molar-refractivity contribution in [3.05, 3.63) is 35.4 Å². The predicted octanol–water partition coefficient (Wildman–Crippen LogP) is 2.11. The van der Waals surface area contributed by atoms with Gasteiger partial charge in [-0.05, 0) is 30.9 Å². The molecule has 0 radical (unpaired) electrons. The van der Waals surface area contributed by atoms with E-state index in [9.17, 15) is 26.4 Å². The lowest BCUT2D eigenvalue weighted by Gasteiger charge is -2.33. The van der Waals surface area contributed by atoms with Crippen molar-refractivity contribution in [2.24, 2.45) is 5.92 Å². The Morgan fingerprint density at radius 2 is 2.00 bits per heavy atom. The van der Waals surface area contributed by atoms with Gasteiger partial charge in [-0.25, -0.2) is 13.1 Å². The van der Waals surface area contributed by atoms with Gasteiger partial charge in [0.05, 0.1) is 17.4 Å². The van der Waals surface area contributed by atoms with E-state index in [-0.39, 0.29) is 24.6 Å². The van der Waals surface area contributed by atoms with Crippen LogP contribution in [0.5, 0.6) is 0 Å². The summed E-state index contributed by atoms with van der Waals surface area (Å²) in [6.07, 6.45) is -2.22. The summed E-state index contributed by atoms with van der Waals surface area (Å²) >= 11 is 0. The average molecular weight is 364 g/mol. The number of piperidine rings is 1. The van der Waals surface area contributed by atoms with E-state index in [1.165, 1.54) is 23.1 Å². The molecular formula is C15H19F3N2O3S. The lowest BCUT2D eigenvalue weighted by atomic mass is 9.97. The number of alkyl halides is 3. The lowest BCUT2D eigenvalue weighted by Crippen LogP contribution is -2.44. The number of carbonyl (C=O) groups excluding carboxylic acids is 1. The van der Waals surface area contributed by atoms with Crippen LogP contribution >= 0.6 is 0 Å². The standard InChI is InChI=1S/C15H19F3N2O3S/c1-24(22,23)19-9-11-5-4-8-20(10-11)14(21)12-6-2-3-7-13(12)15(16,17)18/h2-3,6-7,11,19H,4-5,8-10H2,1H3/t11-/m1/s1. The molecule has 0 bridgehead atoms. The van der Waals surface area contributed by atoms with Crippen molar-refractivity contribution in [2.75, 3.05) is 25.9 Å². The molecule has 9 heteroatoms. The zero-order valence-electron chi connectivity index (χ0n) is 13.1. The first-order valence-corrected chi connectivity index (χ1v) is 9.37. The molecule has 2 rings (SSSR count). The molecule has 24 heavy (non-hydrogen) atoms. The zero-order valence-corrected chi connectivity index (χ0v) is 14.0. The highest BCUT2D eigenvalue weighted by atomic mass is 32.2. The second-order valence-electron chi connectivity index (χ2n) is 5.92. The van der Waals surface area contributed by atoms with Crippen molar-refractivity contribution in [3.63, 3.8) is 0 Å². The first kappa shape index (κ1) is 18.7. The van der Waals surface area contributed by atoms with Crippen LogP contribution in [0.2, 0.25) is 0 Å². The Kier molecular flexibility index (Phi) is 5.54. The molecule has 0 aliphatic carbocycles. The second kappa shape index (κ2) is 7.10. The van der Waals surface area contributed by atoms with Gasteiger partial charge in [-0.1, -0.05) is 12.1 Å². The van der Waals surface area contributed by atoms with E-state index in [1.807, 2.05) is 0 Å². The van der Waals surface area contributed by atoms with Crippen molar-refractivity contribution in [2.45, 2.75) is 19.0 Å². The van der Waals surface area contributed by atoms with Gasteiger partial charge in [0.25, 0.3) is 5.91 Å². The van der Waals surface area contributed by atoms with E-state index in [0.717, 1.165) is 12.3 Å². The normalized spacial score (nSPS) is 19.3. The van der Waals surface area contributed by atoms with Crippen molar-refractivity contribution < 1.29 is 26.4 Å². The molecule has 1 aliphatic rings. The Labute approximate surface area is 138 Å². The van der Waals surface area contributed by atoms with E-state index in [2.05, 4.69) is 4.72 Å². The van der Waals surface area contributed by atoms with Crippen LogP contribution in [-0.2, 0) is 16.2 Å². The molecule has 1 aromatic carbocycles. The van der Waals surface area contributed by atoms with Gasteiger partial charge >= 0.3 is 6.18 Å². The fourth-order valence-corrected chi connectivity index (χ4v) is 3.31. The van der Waals surface area contributed by atoms with E-state index in [1.54, 1.807) is 0 Å². The molecule has 0 unspecified atom stereocenters. The van der Waals surface area contributed by atoms with Crippen molar-refractivity contribution in [3.8, 4) is 0 Å². The molecule has 1 fully saturated rings. The molecule has 0 aromatic heterocycles. The predicted molar refractivity (Wildman–Crippen MR) is 82.9 cm³/mol. The Hall–Kier alpha value is -1.61. The number of hydrogen-bond donors (Lipinski definition) is 1. The minimum atomic E-state index is -4.60. The highest BCUT2D eigenvalue weighted by Gasteiger charge is 2.36. The zero-order chi connectivity index (χ0) is 18.0. The Bertz CT molecular complexity index is 704. The first-order valence-electron chi connectivity index (χ1n) is 7.48. The van der Waals surface area contributed by atoms with Gasteiger partial charge in [0.2, 0.25) is 10.0 Å². The number of carbonyl (C=O) groups is 1.